The first-order valence-electron chi connectivity index (χ1n) is 6.61. The third-order valence-electron chi connectivity index (χ3n) is 2.80. The molecule has 0 saturated carbocycles. The van der Waals surface area contributed by atoms with Crippen LogP contribution in [0.2, 0.25) is 0 Å². The van der Waals surface area contributed by atoms with Crippen LogP contribution < -0.4 is 10.1 Å². The number of urea groups is 1. The summed E-state index contributed by atoms with van der Waals surface area (Å²) in [6.45, 7) is -2.85. The number of nitrogens with zero attached hydrogens (tertiary/aromatic N) is 3. The van der Waals surface area contributed by atoms with E-state index in [1.165, 1.54) is 36.2 Å². The van der Waals surface area contributed by atoms with Crippen LogP contribution in [0.1, 0.15) is 10.6 Å². The zero-order valence-corrected chi connectivity index (χ0v) is 13.4. The Hall–Kier alpha value is -2.50. The highest BCUT2D eigenvalue weighted by molar-refractivity contribution is 7.15. The number of nitrogens with one attached hydrogen (secondary N) is 1. The molecule has 0 unspecified atom stereocenters. The van der Waals surface area contributed by atoms with Crippen molar-refractivity contribution in [2.45, 2.75) is 19.3 Å². The van der Waals surface area contributed by atoms with Crippen LogP contribution in [0.4, 0.5) is 31.9 Å². The molecule has 0 saturated heterocycles. The molecule has 1 heterocycles. The predicted octanol–water partition coefficient (Wildman–Crippen LogP) is 3.82. The van der Waals surface area contributed by atoms with Crippen LogP contribution in [0.5, 0.6) is 5.75 Å². The van der Waals surface area contributed by atoms with Crippen molar-refractivity contribution in [3.63, 3.8) is 0 Å². The van der Waals surface area contributed by atoms with Gasteiger partial charge in [-0.1, -0.05) is 23.5 Å². The second-order valence-electron chi connectivity index (χ2n) is 4.72. The number of rotatable bonds is 5. The van der Waals surface area contributed by atoms with Crippen LogP contribution in [0.3, 0.4) is 0 Å². The summed E-state index contributed by atoms with van der Waals surface area (Å²) in [5.74, 6) is -0.0283. The van der Waals surface area contributed by atoms with Gasteiger partial charge in [0.25, 0.3) is 0 Å². The number of aromatic nitrogens is 2. The van der Waals surface area contributed by atoms with Crippen molar-refractivity contribution in [3.05, 3.63) is 34.8 Å². The number of hydrogen-bond acceptors (Lipinski definition) is 5. The van der Waals surface area contributed by atoms with Crippen LogP contribution in [0.15, 0.2) is 24.3 Å². The van der Waals surface area contributed by atoms with Gasteiger partial charge in [-0.25, -0.2) is 4.79 Å². The van der Waals surface area contributed by atoms with Gasteiger partial charge in [-0.05, 0) is 17.7 Å². The predicted molar refractivity (Wildman–Crippen MR) is 78.5 cm³/mol. The summed E-state index contributed by atoms with van der Waals surface area (Å²) in [5.41, 5.74) is 0.604. The smallest absolute Gasteiger partial charge is 0.435 e. The van der Waals surface area contributed by atoms with E-state index >= 15 is 0 Å². The quantitative estimate of drug-likeness (QED) is 0.799. The maximum Gasteiger partial charge on any atom is 0.445 e. The summed E-state index contributed by atoms with van der Waals surface area (Å²) in [4.78, 5) is 13.1. The highest BCUT2D eigenvalue weighted by atomic mass is 32.1. The molecule has 0 fully saturated rings. The summed E-state index contributed by atoms with van der Waals surface area (Å²) < 4.78 is 65.6. The van der Waals surface area contributed by atoms with E-state index in [0.29, 0.717) is 5.56 Å². The third kappa shape index (κ3) is 5.52. The Morgan fingerprint density at radius 1 is 1.28 bits per heavy atom. The van der Waals surface area contributed by atoms with Crippen LogP contribution in [-0.2, 0) is 12.7 Å². The molecule has 0 aliphatic heterocycles. The van der Waals surface area contributed by atoms with Gasteiger partial charge in [0.15, 0.2) is 0 Å². The fourth-order valence-corrected chi connectivity index (χ4v) is 2.30. The second-order valence-corrected chi connectivity index (χ2v) is 5.70. The highest BCUT2D eigenvalue weighted by Crippen LogP contribution is 2.33. The average Bonchev–Trinajstić information content (AvgIpc) is 2.97. The molecule has 0 radical (unpaired) electrons. The Morgan fingerprint density at radius 2 is 1.92 bits per heavy atom. The molecule has 0 aliphatic carbocycles. The first-order chi connectivity index (χ1) is 11.6. The molecule has 2 aromatic rings. The molecule has 2 rings (SSSR count). The zero-order valence-electron chi connectivity index (χ0n) is 12.6. The Balaban J connectivity index is 1.92. The Kier molecular flexibility index (Phi) is 5.72. The Labute approximate surface area is 142 Å². The molecule has 1 aromatic carbocycles. The molecule has 6 nitrogen and oxygen atoms in total. The second kappa shape index (κ2) is 7.59. The molecule has 136 valence electrons. The lowest BCUT2D eigenvalue weighted by molar-refractivity contribution is -0.138. The van der Waals surface area contributed by atoms with Gasteiger partial charge in [0.05, 0.1) is 0 Å². The Bertz CT molecular complexity index is 720. The van der Waals surface area contributed by atoms with Gasteiger partial charge < -0.3 is 9.64 Å². The van der Waals surface area contributed by atoms with Crippen molar-refractivity contribution >= 4 is 22.5 Å². The van der Waals surface area contributed by atoms with Gasteiger partial charge in [-0.15, -0.1) is 10.2 Å². The van der Waals surface area contributed by atoms with E-state index in [1.54, 1.807) is 0 Å². The standard InChI is InChI=1S/C13H11F5N4O2S/c1-22(6-7-2-4-8(5-3-7)24-10(14)15)12(23)19-11-21-20-9(25-11)13(16,17)18/h2-5,10H,6H2,1H3,(H,19,21,23). The highest BCUT2D eigenvalue weighted by Gasteiger charge is 2.35. The van der Waals surface area contributed by atoms with E-state index in [-0.39, 0.29) is 28.8 Å². The number of amides is 2. The molecule has 0 atom stereocenters. The number of halogens is 5. The monoisotopic (exact) mass is 382 g/mol. The van der Waals surface area contributed by atoms with Gasteiger partial charge in [0.1, 0.15) is 5.75 Å². The summed E-state index contributed by atoms with van der Waals surface area (Å²) in [6.07, 6.45) is -4.63. The van der Waals surface area contributed by atoms with Crippen molar-refractivity contribution < 1.29 is 31.5 Å². The lowest BCUT2D eigenvalue weighted by Gasteiger charge is -2.17. The van der Waals surface area contributed by atoms with E-state index in [9.17, 15) is 26.7 Å². The van der Waals surface area contributed by atoms with Gasteiger partial charge in [0.2, 0.25) is 10.1 Å². The molecule has 12 heteroatoms. The van der Waals surface area contributed by atoms with Gasteiger partial charge in [-0.2, -0.15) is 22.0 Å². The van der Waals surface area contributed by atoms with Gasteiger partial charge >= 0.3 is 18.8 Å². The molecule has 0 spiro atoms. The molecule has 1 N–H and O–H groups in total. The first-order valence-corrected chi connectivity index (χ1v) is 7.43. The molecule has 2 amide bonds. The zero-order chi connectivity index (χ0) is 18.6. The summed E-state index contributed by atoms with van der Waals surface area (Å²) in [5, 5.41) is 6.95. The number of anilines is 1. The van der Waals surface area contributed by atoms with E-state index < -0.39 is 23.8 Å². The maximum absolute atomic E-state index is 12.4. The Morgan fingerprint density at radius 3 is 2.44 bits per heavy atom. The minimum absolute atomic E-state index is 0.0283. The van der Waals surface area contributed by atoms with E-state index in [0.717, 1.165) is 0 Å². The van der Waals surface area contributed by atoms with Crippen molar-refractivity contribution in [2.24, 2.45) is 0 Å². The van der Waals surface area contributed by atoms with E-state index in [4.69, 9.17) is 0 Å². The van der Waals surface area contributed by atoms with Crippen molar-refractivity contribution in [1.29, 1.82) is 0 Å². The minimum Gasteiger partial charge on any atom is -0.435 e. The van der Waals surface area contributed by atoms with E-state index in [2.05, 4.69) is 20.3 Å². The van der Waals surface area contributed by atoms with Crippen molar-refractivity contribution in [1.82, 2.24) is 15.1 Å². The number of hydrogen-bond donors (Lipinski definition) is 1. The lowest BCUT2D eigenvalue weighted by atomic mass is 10.2. The topological polar surface area (TPSA) is 67.3 Å². The summed E-state index contributed by atoms with van der Waals surface area (Å²) in [7, 11) is 1.41. The third-order valence-corrected chi connectivity index (χ3v) is 3.68. The first kappa shape index (κ1) is 18.8. The number of alkyl halides is 5. The van der Waals surface area contributed by atoms with Gasteiger partial charge in [-0.3, -0.25) is 5.32 Å². The molecular formula is C13H11F5N4O2S. The summed E-state index contributed by atoms with van der Waals surface area (Å²) in [6, 6.07) is 4.89. The molecular weight excluding hydrogens is 371 g/mol. The molecule has 0 bridgehead atoms. The van der Waals surface area contributed by atoms with Crippen LogP contribution in [0.25, 0.3) is 0 Å². The number of benzene rings is 1. The summed E-state index contributed by atoms with van der Waals surface area (Å²) >= 11 is 0.206. The lowest BCUT2D eigenvalue weighted by Crippen LogP contribution is -2.30. The van der Waals surface area contributed by atoms with Crippen LogP contribution in [-0.4, -0.2) is 34.8 Å². The largest absolute Gasteiger partial charge is 0.445 e. The van der Waals surface area contributed by atoms with Crippen molar-refractivity contribution in [3.8, 4) is 5.75 Å². The average molecular weight is 382 g/mol. The van der Waals surface area contributed by atoms with Crippen molar-refractivity contribution in [2.75, 3.05) is 12.4 Å². The number of carbonyl (C=O) groups is 1. The fraction of sp³-hybridized carbons (Fsp3) is 0.308. The van der Waals surface area contributed by atoms with Crippen LogP contribution in [0, 0.1) is 0 Å². The fourth-order valence-electron chi connectivity index (χ4n) is 1.70. The van der Waals surface area contributed by atoms with E-state index in [1.807, 2.05) is 0 Å². The SMILES string of the molecule is CN(Cc1ccc(OC(F)F)cc1)C(=O)Nc1nnc(C(F)(F)F)s1. The van der Waals surface area contributed by atoms with Crippen LogP contribution >= 0.6 is 11.3 Å². The minimum atomic E-state index is -4.63. The maximum atomic E-state index is 12.4. The molecule has 25 heavy (non-hydrogen) atoms. The molecule has 1 aromatic heterocycles. The number of carbonyl (C=O) groups excluding carboxylic acids is 1. The normalized spacial score (nSPS) is 11.5. The molecule has 0 aliphatic rings. The number of ether oxygens (including phenoxy) is 1. The van der Waals surface area contributed by atoms with Gasteiger partial charge in [0, 0.05) is 13.6 Å².